The first-order chi connectivity index (χ1) is 4.35. The van der Waals surface area contributed by atoms with Crippen molar-refractivity contribution in [3.63, 3.8) is 0 Å². The van der Waals surface area contributed by atoms with E-state index in [4.69, 9.17) is 5.26 Å². The quantitative estimate of drug-likeness (QED) is 0.577. The lowest BCUT2D eigenvalue weighted by molar-refractivity contribution is 0.874. The topological polar surface area (TPSA) is 35.8 Å². The fraction of sp³-hybridized carbons (Fsp3) is 0.571. The lowest BCUT2D eigenvalue weighted by Gasteiger charge is -1.96. The van der Waals surface area contributed by atoms with Crippen LogP contribution in [0.15, 0.2) is 11.8 Å². The van der Waals surface area contributed by atoms with E-state index in [0.29, 0.717) is 5.70 Å². The number of hydrogen-bond acceptors (Lipinski definition) is 2. The molecule has 9 heavy (non-hydrogen) atoms. The third-order valence-electron chi connectivity index (χ3n) is 0.896. The monoisotopic (exact) mass is 124 g/mol. The molecule has 1 N–H and O–H groups in total. The Hall–Kier alpha value is -0.970. The lowest BCUT2D eigenvalue weighted by atomic mass is 10.3. The first-order valence-electron chi connectivity index (χ1n) is 3.19. The maximum absolute atomic E-state index is 8.41. The van der Waals surface area contributed by atoms with Crippen molar-refractivity contribution in [2.75, 3.05) is 6.54 Å². The molecule has 0 spiro atoms. The zero-order valence-corrected chi connectivity index (χ0v) is 5.94. The summed E-state index contributed by atoms with van der Waals surface area (Å²) in [6.45, 7) is 4.80. The summed E-state index contributed by atoms with van der Waals surface area (Å²) in [5.74, 6) is 0. The van der Waals surface area contributed by atoms with Crippen LogP contribution in [0.4, 0.5) is 0 Å². The summed E-state index contributed by atoms with van der Waals surface area (Å²) in [5.41, 5.74) is 0.681. The number of nitrogens with one attached hydrogen (secondary N) is 1. The van der Waals surface area contributed by atoms with E-state index >= 15 is 0 Å². The van der Waals surface area contributed by atoms with Gasteiger partial charge in [0.25, 0.3) is 0 Å². The maximum Gasteiger partial charge on any atom is 0.117 e. The number of hydrogen-bond donors (Lipinski definition) is 1. The maximum atomic E-state index is 8.41. The average molecular weight is 124 g/mol. The predicted octanol–water partition coefficient (Wildman–Crippen LogP) is 1.41. The van der Waals surface area contributed by atoms with Gasteiger partial charge in [-0.1, -0.05) is 13.0 Å². The number of nitriles is 1. The van der Waals surface area contributed by atoms with Gasteiger partial charge < -0.3 is 5.32 Å². The van der Waals surface area contributed by atoms with Crippen LogP contribution in [0.2, 0.25) is 0 Å². The predicted molar refractivity (Wildman–Crippen MR) is 37.7 cm³/mol. The van der Waals surface area contributed by atoms with Crippen LogP contribution in [0.25, 0.3) is 0 Å². The fourth-order valence-electron chi connectivity index (χ4n) is 0.552. The molecular formula is C7H12N2. The van der Waals surface area contributed by atoms with Gasteiger partial charge in [0.1, 0.15) is 11.8 Å². The largest absolute Gasteiger partial charge is 0.377 e. The SMILES string of the molecule is CC/C=C(/C#N)NCC. The summed E-state index contributed by atoms with van der Waals surface area (Å²) in [5, 5.41) is 11.3. The zero-order valence-electron chi connectivity index (χ0n) is 5.94. The van der Waals surface area contributed by atoms with E-state index in [2.05, 4.69) is 11.4 Å². The highest BCUT2D eigenvalue weighted by atomic mass is 14.9. The van der Waals surface area contributed by atoms with E-state index in [1.54, 1.807) is 0 Å². The van der Waals surface area contributed by atoms with Gasteiger partial charge in [0, 0.05) is 6.54 Å². The highest BCUT2D eigenvalue weighted by Crippen LogP contribution is 1.87. The molecule has 0 radical (unpaired) electrons. The molecule has 0 aliphatic carbocycles. The number of allylic oxidation sites excluding steroid dienone is 2. The third-order valence-corrected chi connectivity index (χ3v) is 0.896. The van der Waals surface area contributed by atoms with Crippen molar-refractivity contribution in [2.45, 2.75) is 20.3 Å². The molecule has 0 aromatic heterocycles. The van der Waals surface area contributed by atoms with Crippen molar-refractivity contribution in [1.29, 1.82) is 5.26 Å². The Morgan fingerprint density at radius 3 is 2.67 bits per heavy atom. The second-order valence-electron chi connectivity index (χ2n) is 1.67. The van der Waals surface area contributed by atoms with E-state index in [0.717, 1.165) is 13.0 Å². The Labute approximate surface area is 56.2 Å². The molecule has 0 aliphatic rings. The summed E-state index contributed by atoms with van der Waals surface area (Å²) in [6, 6.07) is 2.05. The van der Waals surface area contributed by atoms with Crippen molar-refractivity contribution >= 4 is 0 Å². The number of nitrogens with zero attached hydrogens (tertiary/aromatic N) is 1. The van der Waals surface area contributed by atoms with Crippen LogP contribution in [0, 0.1) is 11.3 Å². The van der Waals surface area contributed by atoms with Gasteiger partial charge in [0.05, 0.1) is 0 Å². The minimum absolute atomic E-state index is 0.681. The van der Waals surface area contributed by atoms with Crippen molar-refractivity contribution < 1.29 is 0 Å². The first-order valence-corrected chi connectivity index (χ1v) is 3.19. The second kappa shape index (κ2) is 5.17. The molecule has 0 aromatic carbocycles. The van der Waals surface area contributed by atoms with Crippen molar-refractivity contribution in [3.8, 4) is 6.07 Å². The molecule has 2 nitrogen and oxygen atoms in total. The second-order valence-corrected chi connectivity index (χ2v) is 1.67. The van der Waals surface area contributed by atoms with Crippen molar-refractivity contribution in [1.82, 2.24) is 5.32 Å². The van der Waals surface area contributed by atoms with Gasteiger partial charge in [-0.25, -0.2) is 0 Å². The Kier molecular flexibility index (Phi) is 4.61. The first kappa shape index (κ1) is 8.03. The minimum atomic E-state index is 0.681. The Morgan fingerprint density at radius 2 is 2.33 bits per heavy atom. The van der Waals surface area contributed by atoms with Gasteiger partial charge in [0.2, 0.25) is 0 Å². The van der Waals surface area contributed by atoms with Gasteiger partial charge in [-0.15, -0.1) is 0 Å². The molecule has 0 fully saturated rings. The Balaban J connectivity index is 3.71. The molecule has 0 rings (SSSR count). The van der Waals surface area contributed by atoms with Crippen LogP contribution in [-0.4, -0.2) is 6.54 Å². The van der Waals surface area contributed by atoms with Gasteiger partial charge >= 0.3 is 0 Å². The lowest BCUT2D eigenvalue weighted by Crippen LogP contribution is -2.09. The van der Waals surface area contributed by atoms with Gasteiger partial charge in [-0.2, -0.15) is 5.26 Å². The van der Waals surface area contributed by atoms with Gasteiger partial charge in [-0.3, -0.25) is 0 Å². The van der Waals surface area contributed by atoms with Crippen LogP contribution >= 0.6 is 0 Å². The van der Waals surface area contributed by atoms with E-state index < -0.39 is 0 Å². The van der Waals surface area contributed by atoms with Crippen LogP contribution in [0.1, 0.15) is 20.3 Å². The smallest absolute Gasteiger partial charge is 0.117 e. The van der Waals surface area contributed by atoms with Crippen LogP contribution in [0.3, 0.4) is 0 Å². The average Bonchev–Trinajstić information content (AvgIpc) is 1.88. The van der Waals surface area contributed by atoms with Gasteiger partial charge in [0.15, 0.2) is 0 Å². The van der Waals surface area contributed by atoms with Crippen LogP contribution in [0.5, 0.6) is 0 Å². The summed E-state index contributed by atoms with van der Waals surface area (Å²) < 4.78 is 0. The van der Waals surface area contributed by atoms with Crippen molar-refractivity contribution in [2.24, 2.45) is 0 Å². The van der Waals surface area contributed by atoms with Crippen LogP contribution < -0.4 is 5.32 Å². The molecule has 0 amide bonds. The minimum Gasteiger partial charge on any atom is -0.377 e. The standard InChI is InChI=1S/C7H12N2/c1-3-5-7(6-8)9-4-2/h5,9H,3-4H2,1-2H3/b7-5-. The molecule has 0 saturated carbocycles. The molecule has 0 unspecified atom stereocenters. The fourth-order valence-corrected chi connectivity index (χ4v) is 0.552. The Morgan fingerprint density at radius 1 is 1.67 bits per heavy atom. The summed E-state index contributed by atoms with van der Waals surface area (Å²) >= 11 is 0. The van der Waals surface area contributed by atoms with Crippen LogP contribution in [-0.2, 0) is 0 Å². The molecular weight excluding hydrogens is 112 g/mol. The summed E-state index contributed by atoms with van der Waals surface area (Å²) in [7, 11) is 0. The Bertz CT molecular complexity index is 130. The van der Waals surface area contributed by atoms with E-state index in [9.17, 15) is 0 Å². The molecule has 2 heteroatoms. The molecule has 0 saturated heterocycles. The van der Waals surface area contributed by atoms with E-state index in [-0.39, 0.29) is 0 Å². The van der Waals surface area contributed by atoms with E-state index in [1.165, 1.54) is 0 Å². The summed E-state index contributed by atoms with van der Waals surface area (Å²) in [6.07, 6.45) is 2.79. The molecule has 0 aliphatic heterocycles. The molecule has 0 atom stereocenters. The normalized spacial score (nSPS) is 10.6. The molecule has 0 bridgehead atoms. The zero-order chi connectivity index (χ0) is 7.11. The molecule has 0 heterocycles. The highest BCUT2D eigenvalue weighted by molar-refractivity contribution is 5.17. The van der Waals surface area contributed by atoms with Gasteiger partial charge in [-0.05, 0) is 13.3 Å². The highest BCUT2D eigenvalue weighted by Gasteiger charge is 1.86. The molecule has 50 valence electrons. The number of rotatable bonds is 3. The van der Waals surface area contributed by atoms with Crippen molar-refractivity contribution in [3.05, 3.63) is 11.8 Å². The van der Waals surface area contributed by atoms with E-state index in [1.807, 2.05) is 19.9 Å². The summed E-state index contributed by atoms with van der Waals surface area (Å²) in [4.78, 5) is 0. The third kappa shape index (κ3) is 3.60. The molecule has 0 aromatic rings.